The number of esters is 1. The van der Waals surface area contributed by atoms with Crippen LogP contribution < -0.4 is 0 Å². The Kier molecular flexibility index (Phi) is 6.36. The highest BCUT2D eigenvalue weighted by atomic mass is 17.3. The van der Waals surface area contributed by atoms with Crippen molar-refractivity contribution in [3.63, 3.8) is 0 Å². The third-order valence-corrected chi connectivity index (χ3v) is 8.77. The summed E-state index contributed by atoms with van der Waals surface area (Å²) in [4.78, 5) is 49.6. The molecule has 0 unspecified atom stereocenters. The van der Waals surface area contributed by atoms with Crippen LogP contribution in [0.5, 0.6) is 0 Å². The lowest BCUT2D eigenvalue weighted by atomic mass is 9.58. The van der Waals surface area contributed by atoms with E-state index in [1.807, 2.05) is 13.8 Å². The van der Waals surface area contributed by atoms with E-state index in [0.29, 0.717) is 12.3 Å². The van der Waals surface area contributed by atoms with E-state index in [-0.39, 0.29) is 43.6 Å². The van der Waals surface area contributed by atoms with Gasteiger partial charge in [-0.1, -0.05) is 13.8 Å². The molecule has 1 saturated carbocycles. The summed E-state index contributed by atoms with van der Waals surface area (Å²) in [6, 6.07) is -1.08. The zero-order chi connectivity index (χ0) is 25.1. The Balaban J connectivity index is 1.24. The predicted molar refractivity (Wildman–Crippen MR) is 116 cm³/mol. The van der Waals surface area contributed by atoms with Crippen LogP contribution in [0.3, 0.4) is 0 Å². The van der Waals surface area contributed by atoms with Gasteiger partial charge in [0.05, 0.1) is 12.5 Å². The van der Waals surface area contributed by atoms with Crippen LogP contribution in [0.15, 0.2) is 0 Å². The Hall–Kier alpha value is -1.79. The van der Waals surface area contributed by atoms with E-state index in [0.717, 1.165) is 24.2 Å². The lowest BCUT2D eigenvalue weighted by molar-refractivity contribution is -0.576. The third-order valence-electron chi connectivity index (χ3n) is 8.77. The third kappa shape index (κ3) is 4.15. The van der Waals surface area contributed by atoms with Gasteiger partial charge in [-0.05, 0) is 38.0 Å². The molecule has 5 heterocycles. The van der Waals surface area contributed by atoms with Crippen LogP contribution >= 0.6 is 0 Å². The van der Waals surface area contributed by atoms with Gasteiger partial charge in [0.1, 0.15) is 6.04 Å². The monoisotopic (exact) mass is 497 g/mol. The van der Waals surface area contributed by atoms with Crippen molar-refractivity contribution in [2.24, 2.45) is 23.7 Å². The highest BCUT2D eigenvalue weighted by Crippen LogP contribution is 2.60. The van der Waals surface area contributed by atoms with Crippen molar-refractivity contribution in [3.8, 4) is 0 Å². The topological polar surface area (TPSA) is 141 Å². The van der Waals surface area contributed by atoms with E-state index >= 15 is 0 Å². The molecular weight excluding hydrogens is 462 g/mol. The first-order valence-corrected chi connectivity index (χ1v) is 12.6. The molecule has 0 aromatic heterocycles. The van der Waals surface area contributed by atoms with E-state index < -0.39 is 54.0 Å². The number of amides is 1. The van der Waals surface area contributed by atoms with E-state index in [1.165, 1.54) is 0 Å². The van der Waals surface area contributed by atoms with Gasteiger partial charge in [0.2, 0.25) is 18.0 Å². The van der Waals surface area contributed by atoms with Gasteiger partial charge >= 0.3 is 11.9 Å². The van der Waals surface area contributed by atoms with Gasteiger partial charge in [-0.2, -0.15) is 0 Å². The number of aliphatic hydroxyl groups excluding tert-OH is 1. The van der Waals surface area contributed by atoms with E-state index in [2.05, 4.69) is 6.92 Å². The van der Waals surface area contributed by atoms with Crippen molar-refractivity contribution in [2.45, 2.75) is 102 Å². The molecule has 1 spiro atoms. The molecule has 5 aliphatic heterocycles. The lowest BCUT2D eigenvalue weighted by Crippen LogP contribution is -2.70. The molecule has 0 aromatic rings. The number of carboxylic acids is 1. The number of carbonyl (C=O) groups is 3. The number of rotatable bonds is 5. The number of fused-ring (bicyclic) bond motifs is 2. The van der Waals surface area contributed by atoms with Crippen molar-refractivity contribution in [2.75, 3.05) is 6.54 Å². The van der Waals surface area contributed by atoms with Gasteiger partial charge < -0.3 is 29.3 Å². The second-order valence-electron chi connectivity index (χ2n) is 11.1. The Labute approximate surface area is 203 Å². The number of carboxylic acid groups (broad SMARTS) is 1. The van der Waals surface area contributed by atoms with Gasteiger partial charge in [0.15, 0.2) is 11.9 Å². The molecule has 5 saturated heterocycles. The summed E-state index contributed by atoms with van der Waals surface area (Å²) in [6.45, 7) is 5.96. The maximum atomic E-state index is 12.7. The molecule has 2 bridgehead atoms. The fraction of sp³-hybridized carbons (Fsp3) is 0.875. The summed E-state index contributed by atoms with van der Waals surface area (Å²) in [5, 5.41) is 19.1. The van der Waals surface area contributed by atoms with Crippen LogP contribution in [0.4, 0.5) is 0 Å². The molecule has 10 atom stereocenters. The molecule has 35 heavy (non-hydrogen) atoms. The highest BCUT2D eigenvalue weighted by Gasteiger charge is 2.69. The van der Waals surface area contributed by atoms with E-state index in [1.54, 1.807) is 0 Å². The first kappa shape index (κ1) is 24.9. The zero-order valence-electron chi connectivity index (χ0n) is 20.4. The van der Waals surface area contributed by atoms with Crippen molar-refractivity contribution in [1.29, 1.82) is 0 Å². The Bertz CT molecular complexity index is 882. The summed E-state index contributed by atoms with van der Waals surface area (Å²) < 4.78 is 18.2. The number of carbonyl (C=O) groups excluding carboxylic acids is 2. The summed E-state index contributed by atoms with van der Waals surface area (Å²) in [7, 11) is 0. The molecule has 6 rings (SSSR count). The number of ether oxygens (including phenoxy) is 3. The number of β-amino-alcohol motifs (C(OH)–C–C–N with tert-alkyl or cyclic N) is 1. The normalized spacial score (nSPS) is 46.6. The van der Waals surface area contributed by atoms with Gasteiger partial charge in [-0.15, -0.1) is 0 Å². The van der Waals surface area contributed by atoms with Gasteiger partial charge in [0, 0.05) is 37.6 Å². The Morgan fingerprint density at radius 2 is 1.86 bits per heavy atom. The Morgan fingerprint density at radius 3 is 2.60 bits per heavy atom. The number of hydrogen-bond donors (Lipinski definition) is 2. The highest BCUT2D eigenvalue weighted by molar-refractivity contribution is 5.86. The maximum Gasteiger partial charge on any atom is 0.326 e. The number of aliphatic hydroxyl groups is 1. The molecule has 11 heteroatoms. The minimum Gasteiger partial charge on any atom is -0.480 e. The largest absolute Gasteiger partial charge is 0.480 e. The molecule has 196 valence electrons. The summed E-state index contributed by atoms with van der Waals surface area (Å²) in [5.41, 5.74) is -0.756. The molecule has 1 amide bonds. The first-order valence-electron chi connectivity index (χ1n) is 12.6. The lowest BCUT2D eigenvalue weighted by Gasteiger charge is -2.59. The van der Waals surface area contributed by atoms with Gasteiger partial charge in [0.25, 0.3) is 0 Å². The second kappa shape index (κ2) is 8.95. The molecular formula is C24H35NO10. The number of hydrogen-bond acceptors (Lipinski definition) is 9. The predicted octanol–water partition coefficient (Wildman–Crippen LogP) is 1.56. The minimum absolute atomic E-state index is 0.00643. The van der Waals surface area contributed by atoms with E-state index in [4.69, 9.17) is 24.0 Å². The average molecular weight is 498 g/mol. The zero-order valence-corrected chi connectivity index (χ0v) is 20.4. The molecule has 6 aliphatic rings. The van der Waals surface area contributed by atoms with E-state index in [9.17, 15) is 24.6 Å². The summed E-state index contributed by atoms with van der Waals surface area (Å²) in [5.74, 6) is -2.78. The number of aliphatic carboxylic acids is 1. The van der Waals surface area contributed by atoms with Crippen LogP contribution in [0.25, 0.3) is 0 Å². The minimum atomic E-state index is -1.17. The molecule has 0 aromatic carbocycles. The summed E-state index contributed by atoms with van der Waals surface area (Å²) in [6.07, 6.45) is 0.530. The smallest absolute Gasteiger partial charge is 0.326 e. The van der Waals surface area contributed by atoms with Crippen molar-refractivity contribution < 1.29 is 48.6 Å². The molecule has 11 nitrogen and oxygen atoms in total. The molecule has 1 aliphatic carbocycles. The van der Waals surface area contributed by atoms with Crippen molar-refractivity contribution in [1.82, 2.24) is 4.90 Å². The molecule has 2 N–H and O–H groups in total. The quantitative estimate of drug-likeness (QED) is 0.425. The maximum absolute atomic E-state index is 12.7. The van der Waals surface area contributed by atoms with Crippen LogP contribution in [0.1, 0.15) is 65.7 Å². The fourth-order valence-electron chi connectivity index (χ4n) is 6.87. The standard InChI is InChI=1S/C24H35NO10/c1-12-4-5-16-13(2)21(32-22-24(16)15(12)8-9-23(3,33-22)34-35-24)31-19(28)7-6-18(27)25-11-14(26)10-17(25)20(29)30/h12-17,21-22,26H,4-11H2,1-3H3,(H,29,30)/t12-,13-,14+,15+,16+,17-,21-,22-,23-,24-/m1/s1. The van der Waals surface area contributed by atoms with Crippen LogP contribution in [-0.4, -0.2) is 75.6 Å². The SMILES string of the molecule is C[C@H]1[C@H](OC(=O)CCC(=O)N2C[C@@H](O)C[C@@H]2C(=O)O)O[C@@H]2O[C@@]3(C)CC[C@H]4[C@H](C)CC[C@@H]1[C@@]24OO3. The van der Waals surface area contributed by atoms with Crippen molar-refractivity contribution >= 4 is 17.8 Å². The first-order chi connectivity index (χ1) is 16.5. The van der Waals surface area contributed by atoms with Gasteiger partial charge in [-0.25, -0.2) is 14.6 Å². The van der Waals surface area contributed by atoms with Gasteiger partial charge in [-0.3, -0.25) is 9.59 Å². The number of likely N-dealkylation sites (tertiary alicyclic amines) is 1. The van der Waals surface area contributed by atoms with Crippen LogP contribution in [-0.2, 0) is 38.4 Å². The average Bonchev–Trinajstić information content (AvgIpc) is 3.06. The Morgan fingerprint density at radius 1 is 1.09 bits per heavy atom. The number of nitrogens with zero attached hydrogens (tertiary/aromatic N) is 1. The van der Waals surface area contributed by atoms with Crippen LogP contribution in [0.2, 0.25) is 0 Å². The molecule has 0 radical (unpaired) electrons. The van der Waals surface area contributed by atoms with Crippen molar-refractivity contribution in [3.05, 3.63) is 0 Å². The second-order valence-corrected chi connectivity index (χ2v) is 11.1. The summed E-state index contributed by atoms with van der Waals surface area (Å²) >= 11 is 0. The van der Waals surface area contributed by atoms with Crippen LogP contribution in [0, 0.1) is 23.7 Å². The molecule has 6 fully saturated rings. The fourth-order valence-corrected chi connectivity index (χ4v) is 6.87.